The predicted molar refractivity (Wildman–Crippen MR) is 241 cm³/mol. The Morgan fingerprint density at radius 2 is 1.68 bits per heavy atom. The minimum absolute atomic E-state index is 0.0219. The molecule has 4 aromatic rings. The van der Waals surface area contributed by atoms with Crippen LogP contribution in [0.2, 0.25) is 0 Å². The summed E-state index contributed by atoms with van der Waals surface area (Å²) in [5.41, 5.74) is 6.49. The van der Waals surface area contributed by atoms with E-state index in [4.69, 9.17) is 5.73 Å². The van der Waals surface area contributed by atoms with Gasteiger partial charge in [-0.05, 0) is 117 Å². The highest BCUT2D eigenvalue weighted by Crippen LogP contribution is 2.44. The number of nitrogens with two attached hydrogens (primary N) is 1. The number of sulfonamides is 1. The van der Waals surface area contributed by atoms with Crippen molar-refractivity contribution < 1.29 is 30.0 Å². The van der Waals surface area contributed by atoms with E-state index < -0.39 is 41.2 Å². The topological polar surface area (TPSA) is 151 Å². The average Bonchev–Trinajstić information content (AvgIpc) is 3.24. The van der Waals surface area contributed by atoms with Crippen molar-refractivity contribution in [2.24, 2.45) is 5.41 Å². The molecular weight excluding hydrogens is 856 g/mol. The number of nitrogens with zero attached hydrogens (tertiary/aromatic N) is 4. The van der Waals surface area contributed by atoms with Gasteiger partial charge in [-0.15, -0.1) is 11.8 Å². The second-order valence-corrected chi connectivity index (χ2v) is 22.1. The standard InChI is InChI=1S/C45H56F3N7O4S3/c1-4-8-34(29-60-36-9-6-5-7-10-36)52-40-16-15-37(25-42(40)61(56,57)45(46,47)48)62(58,59)53-43-38-20-24-55(28-41(38)50-30-51-43)35-18-22-54(23-19-35)27-32-17-21-44(2,3)26-39(32)31-11-13-33(49)14-12-31/h5-7,9-16,25,30,34-35,52H,4,8,17-24,26-29,49H2,1-3H3,(H,50,51,53)/t34-/m1/s1. The number of nitrogens with one attached hydrogen (secondary N) is 2. The molecule has 3 aromatic carbocycles. The van der Waals surface area contributed by atoms with E-state index in [0.717, 1.165) is 74.5 Å². The first-order chi connectivity index (χ1) is 29.4. The van der Waals surface area contributed by atoms with Crippen molar-refractivity contribution in [1.29, 1.82) is 0 Å². The average molecular weight is 912 g/mol. The molecule has 11 nitrogen and oxygen atoms in total. The number of hydrogen-bond donors (Lipinski definition) is 3. The van der Waals surface area contributed by atoms with Crippen molar-refractivity contribution in [1.82, 2.24) is 19.8 Å². The van der Waals surface area contributed by atoms with Crippen LogP contribution in [-0.2, 0) is 32.8 Å². The number of allylic oxidation sites excluding steroid dienone is 1. The van der Waals surface area contributed by atoms with Gasteiger partial charge in [-0.2, -0.15) is 13.2 Å². The Morgan fingerprint density at radius 3 is 2.37 bits per heavy atom. The first-order valence-corrected chi connectivity index (χ1v) is 25.2. The van der Waals surface area contributed by atoms with Crippen LogP contribution in [0.5, 0.6) is 0 Å². The lowest BCUT2D eigenvalue weighted by atomic mass is 9.72. The highest BCUT2D eigenvalue weighted by molar-refractivity contribution is 7.99. The number of halogens is 3. The number of anilines is 3. The number of likely N-dealkylation sites (tertiary alicyclic amines) is 1. The van der Waals surface area contributed by atoms with E-state index in [1.807, 2.05) is 49.4 Å². The zero-order chi connectivity index (χ0) is 44.3. The fraction of sp³-hybridized carbons (Fsp3) is 0.467. The van der Waals surface area contributed by atoms with Gasteiger partial charge in [0.1, 0.15) is 17.0 Å². The second kappa shape index (κ2) is 18.9. The third-order valence-corrected chi connectivity index (χ3v) is 16.3. The van der Waals surface area contributed by atoms with Crippen LogP contribution < -0.4 is 15.8 Å². The number of nitrogen functional groups attached to an aromatic ring is 1. The van der Waals surface area contributed by atoms with E-state index in [-0.39, 0.29) is 16.9 Å². The molecule has 3 aliphatic rings. The lowest BCUT2D eigenvalue weighted by molar-refractivity contribution is -0.0435. The summed E-state index contributed by atoms with van der Waals surface area (Å²) in [4.78, 5) is 12.8. The van der Waals surface area contributed by atoms with E-state index in [1.54, 1.807) is 0 Å². The Bertz CT molecular complexity index is 2460. The Morgan fingerprint density at radius 1 is 0.952 bits per heavy atom. The molecule has 1 aromatic heterocycles. The summed E-state index contributed by atoms with van der Waals surface area (Å²) >= 11 is 1.48. The fourth-order valence-electron chi connectivity index (χ4n) is 8.79. The van der Waals surface area contributed by atoms with Crippen LogP contribution in [0.15, 0.2) is 99.4 Å². The lowest BCUT2D eigenvalue weighted by Gasteiger charge is -2.41. The minimum Gasteiger partial charge on any atom is -0.399 e. The smallest absolute Gasteiger partial charge is 0.399 e. The fourth-order valence-corrected chi connectivity index (χ4v) is 11.9. The molecule has 3 heterocycles. The van der Waals surface area contributed by atoms with Crippen molar-refractivity contribution in [3.63, 3.8) is 0 Å². The molecule has 62 heavy (non-hydrogen) atoms. The van der Waals surface area contributed by atoms with Crippen molar-refractivity contribution in [3.05, 3.63) is 102 Å². The first-order valence-electron chi connectivity index (χ1n) is 21.2. The molecule has 1 aliphatic carbocycles. The van der Waals surface area contributed by atoms with Crippen LogP contribution in [0.4, 0.5) is 30.4 Å². The lowest BCUT2D eigenvalue weighted by Crippen LogP contribution is -2.47. The monoisotopic (exact) mass is 911 g/mol. The Kier molecular flexibility index (Phi) is 14.0. The number of hydrogen-bond acceptors (Lipinski definition) is 11. The molecule has 17 heteroatoms. The summed E-state index contributed by atoms with van der Waals surface area (Å²) in [6.07, 6.45) is 8.17. The van der Waals surface area contributed by atoms with Crippen molar-refractivity contribution in [2.75, 3.05) is 47.7 Å². The minimum atomic E-state index is -5.95. The largest absolute Gasteiger partial charge is 0.501 e. The molecule has 4 N–H and O–H groups in total. The van der Waals surface area contributed by atoms with E-state index in [9.17, 15) is 30.0 Å². The van der Waals surface area contributed by atoms with Gasteiger partial charge < -0.3 is 11.1 Å². The molecule has 0 radical (unpaired) electrons. The summed E-state index contributed by atoms with van der Waals surface area (Å²) in [6.45, 7) is 10.6. The van der Waals surface area contributed by atoms with Gasteiger partial charge in [0, 0.05) is 53.6 Å². The number of aromatic nitrogens is 2. The molecule has 2 aliphatic heterocycles. The zero-order valence-corrected chi connectivity index (χ0v) is 37.9. The zero-order valence-electron chi connectivity index (χ0n) is 35.4. The quantitative estimate of drug-likeness (QED) is 0.0775. The van der Waals surface area contributed by atoms with Crippen LogP contribution >= 0.6 is 11.8 Å². The Labute approximate surface area is 368 Å². The number of thioether (sulfide) groups is 1. The van der Waals surface area contributed by atoms with Gasteiger partial charge in [-0.3, -0.25) is 14.5 Å². The summed E-state index contributed by atoms with van der Waals surface area (Å²) < 4.78 is 98.4. The third-order valence-electron chi connectivity index (χ3n) is 12.2. The second-order valence-electron chi connectivity index (χ2n) is 17.4. The summed E-state index contributed by atoms with van der Waals surface area (Å²) in [7, 11) is -10.5. The summed E-state index contributed by atoms with van der Waals surface area (Å²) in [5, 5.41) is 2.98. The molecule has 0 amide bonds. The molecule has 334 valence electrons. The number of alkyl halides is 3. The van der Waals surface area contributed by atoms with Gasteiger partial charge in [0.2, 0.25) is 0 Å². The van der Waals surface area contributed by atoms with E-state index in [0.29, 0.717) is 61.5 Å². The SMILES string of the molecule is CCC[C@H](CSc1ccccc1)Nc1ccc(S(=O)(=O)Nc2ncnc3c2CCN(C2CCN(CC4=C(c5ccc(N)cc5)CC(C)(C)CC4)CC2)C3)cc1S(=O)(=O)C(F)(F)F. The van der Waals surface area contributed by atoms with Gasteiger partial charge in [0.25, 0.3) is 19.9 Å². The number of rotatable bonds is 15. The molecule has 0 bridgehead atoms. The molecule has 1 saturated heterocycles. The third kappa shape index (κ3) is 10.8. The molecular formula is C45H56F3N7O4S3. The molecule has 0 saturated carbocycles. The highest BCUT2D eigenvalue weighted by Gasteiger charge is 2.48. The number of fused-ring (bicyclic) bond motifs is 1. The normalized spacial score (nSPS) is 18.6. The van der Waals surface area contributed by atoms with E-state index in [2.05, 4.69) is 55.8 Å². The predicted octanol–water partition coefficient (Wildman–Crippen LogP) is 9.01. The van der Waals surface area contributed by atoms with Gasteiger partial charge in [0.05, 0.1) is 16.3 Å². The Hall–Kier alpha value is -4.16. The van der Waals surface area contributed by atoms with Crippen molar-refractivity contribution in [3.8, 4) is 0 Å². The molecule has 1 atom stereocenters. The molecule has 1 fully saturated rings. The molecule has 0 spiro atoms. The first kappa shape index (κ1) is 45.9. The van der Waals surface area contributed by atoms with Crippen molar-refractivity contribution in [2.45, 2.75) is 111 Å². The van der Waals surface area contributed by atoms with Crippen LogP contribution in [0.1, 0.15) is 82.5 Å². The van der Waals surface area contributed by atoms with Gasteiger partial charge in [-0.25, -0.2) is 26.8 Å². The van der Waals surface area contributed by atoms with Crippen LogP contribution in [0.25, 0.3) is 5.57 Å². The highest BCUT2D eigenvalue weighted by atomic mass is 32.2. The summed E-state index contributed by atoms with van der Waals surface area (Å²) in [6, 6.07) is 20.4. The van der Waals surface area contributed by atoms with Gasteiger partial charge >= 0.3 is 5.51 Å². The summed E-state index contributed by atoms with van der Waals surface area (Å²) in [5.74, 6) is 0.457. The van der Waals surface area contributed by atoms with E-state index in [1.165, 1.54) is 34.8 Å². The number of piperidine rings is 1. The van der Waals surface area contributed by atoms with Crippen LogP contribution in [-0.4, -0.2) is 86.1 Å². The maximum absolute atomic E-state index is 14.1. The van der Waals surface area contributed by atoms with Gasteiger partial charge in [0.15, 0.2) is 0 Å². The molecule has 0 unspecified atom stereocenters. The van der Waals surface area contributed by atoms with E-state index >= 15 is 0 Å². The Balaban J connectivity index is 1.03. The number of sulfone groups is 1. The molecule has 7 rings (SSSR count). The number of benzene rings is 3. The van der Waals surface area contributed by atoms with Crippen molar-refractivity contribution >= 4 is 54.4 Å². The van der Waals surface area contributed by atoms with Gasteiger partial charge in [-0.1, -0.05) is 63.1 Å². The van der Waals surface area contributed by atoms with Crippen LogP contribution in [0, 0.1) is 5.41 Å². The maximum Gasteiger partial charge on any atom is 0.501 e. The maximum atomic E-state index is 14.1. The van der Waals surface area contributed by atoms with Crippen LogP contribution in [0.3, 0.4) is 0 Å².